The lowest BCUT2D eigenvalue weighted by Crippen LogP contribution is -2.47. The summed E-state index contributed by atoms with van der Waals surface area (Å²) in [6, 6.07) is 39.7. The molecule has 2 heteroatoms. The van der Waals surface area contributed by atoms with Gasteiger partial charge >= 0.3 is 0 Å². The first-order valence-corrected chi connectivity index (χ1v) is 10.4. The molecule has 0 aliphatic carbocycles. The van der Waals surface area contributed by atoms with Gasteiger partial charge in [0.25, 0.3) is 5.91 Å². The molecule has 0 bridgehead atoms. The van der Waals surface area contributed by atoms with Crippen LogP contribution in [0.5, 0.6) is 0 Å². The normalized spacial score (nSPS) is 11.0. The van der Waals surface area contributed by atoms with E-state index in [1.54, 1.807) is 0 Å². The van der Waals surface area contributed by atoms with Crippen LogP contribution in [0.4, 0.5) is 0 Å². The van der Waals surface area contributed by atoms with Crippen molar-refractivity contribution >= 4 is 11.5 Å². The minimum atomic E-state index is -0.762. The molecule has 1 amide bonds. The molecule has 0 aliphatic heterocycles. The molecule has 2 nitrogen and oxygen atoms in total. The van der Waals surface area contributed by atoms with Gasteiger partial charge in [-0.25, -0.2) is 0 Å². The summed E-state index contributed by atoms with van der Waals surface area (Å²) in [4.78, 5) is 13.4. The fraction of sp³-hybridized carbons (Fsp3) is 0.0690. The average Bonchev–Trinajstić information content (AvgIpc) is 2.85. The summed E-state index contributed by atoms with van der Waals surface area (Å²) < 4.78 is 0. The molecule has 4 aromatic rings. The predicted octanol–water partition coefficient (Wildman–Crippen LogP) is 6.46. The van der Waals surface area contributed by atoms with E-state index in [2.05, 4.69) is 48.3 Å². The maximum absolute atomic E-state index is 13.4. The van der Waals surface area contributed by atoms with Crippen LogP contribution in [0.15, 0.2) is 128 Å². The van der Waals surface area contributed by atoms with E-state index in [9.17, 15) is 4.79 Å². The maximum Gasteiger partial charge on any atom is 0.252 e. The predicted molar refractivity (Wildman–Crippen MR) is 128 cm³/mol. The third-order valence-electron chi connectivity index (χ3n) is 5.56. The lowest BCUT2D eigenvalue weighted by atomic mass is 9.76. The smallest absolute Gasteiger partial charge is 0.252 e. The summed E-state index contributed by atoms with van der Waals surface area (Å²) in [7, 11) is 0. The van der Waals surface area contributed by atoms with Crippen LogP contribution in [0.2, 0.25) is 0 Å². The Morgan fingerprint density at radius 3 is 1.45 bits per heavy atom. The lowest BCUT2D eigenvalue weighted by molar-refractivity contribution is 0.0914. The highest BCUT2D eigenvalue weighted by atomic mass is 16.1. The van der Waals surface area contributed by atoms with E-state index in [-0.39, 0.29) is 5.91 Å². The van der Waals surface area contributed by atoms with Gasteiger partial charge in [-0.15, -0.1) is 0 Å². The van der Waals surface area contributed by atoms with E-state index in [4.69, 9.17) is 0 Å². The summed E-state index contributed by atoms with van der Waals surface area (Å²) in [5.74, 6) is -0.117. The third-order valence-corrected chi connectivity index (χ3v) is 5.56. The summed E-state index contributed by atoms with van der Waals surface area (Å²) in [6.07, 6.45) is 0.545. The second-order valence-corrected chi connectivity index (χ2v) is 7.60. The minimum absolute atomic E-state index is 0.117. The van der Waals surface area contributed by atoms with Crippen molar-refractivity contribution in [1.29, 1.82) is 0 Å². The molecule has 1 N–H and O–H groups in total. The van der Waals surface area contributed by atoms with Crippen LogP contribution in [-0.4, -0.2) is 5.91 Å². The molecule has 4 aromatic carbocycles. The van der Waals surface area contributed by atoms with Crippen molar-refractivity contribution < 1.29 is 4.79 Å². The first-order valence-electron chi connectivity index (χ1n) is 10.4. The lowest BCUT2D eigenvalue weighted by Gasteiger charge is -2.37. The molecule has 0 saturated carbocycles. The third kappa shape index (κ3) is 4.49. The SMILES string of the molecule is C=C(CC(NC(=O)c1ccccc1)(c1ccccc1)c1ccccc1)c1ccccc1. The van der Waals surface area contributed by atoms with Gasteiger partial charge in [0.15, 0.2) is 0 Å². The molecular weight excluding hydrogens is 378 g/mol. The summed E-state index contributed by atoms with van der Waals surface area (Å²) in [5.41, 5.74) is 3.92. The summed E-state index contributed by atoms with van der Waals surface area (Å²) >= 11 is 0. The van der Waals surface area contributed by atoms with Crippen molar-refractivity contribution in [3.63, 3.8) is 0 Å². The number of benzene rings is 4. The van der Waals surface area contributed by atoms with Gasteiger partial charge in [0, 0.05) is 12.0 Å². The standard InChI is InChI=1S/C29H25NO/c1-23(24-14-6-2-7-15-24)22-29(26-18-10-4-11-19-26,27-20-12-5-13-21-27)30-28(31)25-16-8-3-9-17-25/h2-21H,1,22H2,(H,30,31). The van der Waals surface area contributed by atoms with Crippen LogP contribution < -0.4 is 5.32 Å². The van der Waals surface area contributed by atoms with Crippen LogP contribution in [-0.2, 0) is 5.54 Å². The van der Waals surface area contributed by atoms with Crippen LogP contribution in [0.25, 0.3) is 5.57 Å². The maximum atomic E-state index is 13.4. The van der Waals surface area contributed by atoms with Crippen molar-refractivity contribution in [1.82, 2.24) is 5.32 Å². The van der Waals surface area contributed by atoms with Gasteiger partial charge in [0.2, 0.25) is 0 Å². The van der Waals surface area contributed by atoms with Crippen molar-refractivity contribution in [3.8, 4) is 0 Å². The molecule has 0 saturated heterocycles. The van der Waals surface area contributed by atoms with Crippen molar-refractivity contribution in [2.24, 2.45) is 0 Å². The van der Waals surface area contributed by atoms with Crippen molar-refractivity contribution in [2.45, 2.75) is 12.0 Å². The highest BCUT2D eigenvalue weighted by Crippen LogP contribution is 2.38. The molecule has 31 heavy (non-hydrogen) atoms. The Hall–Kier alpha value is -3.91. The number of carbonyl (C=O) groups excluding carboxylic acids is 1. The second-order valence-electron chi connectivity index (χ2n) is 7.60. The number of hydrogen-bond donors (Lipinski definition) is 1. The van der Waals surface area contributed by atoms with Crippen LogP contribution in [0.1, 0.15) is 33.5 Å². The highest BCUT2D eigenvalue weighted by molar-refractivity contribution is 5.95. The fourth-order valence-corrected chi connectivity index (χ4v) is 3.96. The molecule has 4 rings (SSSR count). The van der Waals surface area contributed by atoms with Gasteiger partial charge in [-0.2, -0.15) is 0 Å². The van der Waals surface area contributed by atoms with E-state index < -0.39 is 5.54 Å². The van der Waals surface area contributed by atoms with E-state index >= 15 is 0 Å². The molecule has 0 aromatic heterocycles. The summed E-state index contributed by atoms with van der Waals surface area (Å²) in [5, 5.41) is 3.38. The topological polar surface area (TPSA) is 29.1 Å². The molecule has 0 atom stereocenters. The summed E-state index contributed by atoms with van der Waals surface area (Å²) in [6.45, 7) is 4.39. The Kier molecular flexibility index (Phi) is 6.09. The van der Waals surface area contributed by atoms with E-state index in [1.165, 1.54) is 0 Å². The van der Waals surface area contributed by atoms with Gasteiger partial charge in [-0.05, 0) is 34.4 Å². The zero-order valence-electron chi connectivity index (χ0n) is 17.4. The molecule has 0 fully saturated rings. The first kappa shape index (κ1) is 20.4. The Morgan fingerprint density at radius 1 is 0.613 bits per heavy atom. The van der Waals surface area contributed by atoms with Crippen molar-refractivity contribution in [2.75, 3.05) is 0 Å². The fourth-order valence-electron chi connectivity index (χ4n) is 3.96. The van der Waals surface area contributed by atoms with Gasteiger partial charge in [-0.1, -0.05) is 116 Å². The molecule has 0 heterocycles. The average molecular weight is 404 g/mol. The molecular formula is C29H25NO. The zero-order valence-corrected chi connectivity index (χ0v) is 17.4. The Balaban J connectivity index is 1.84. The Morgan fingerprint density at radius 2 is 1.00 bits per heavy atom. The molecule has 0 radical (unpaired) electrons. The van der Waals surface area contributed by atoms with Crippen molar-refractivity contribution in [3.05, 3.63) is 150 Å². The highest BCUT2D eigenvalue weighted by Gasteiger charge is 2.37. The molecule has 0 spiro atoms. The van der Waals surface area contributed by atoms with Gasteiger partial charge in [-0.3, -0.25) is 4.79 Å². The molecule has 152 valence electrons. The number of amides is 1. The second kappa shape index (κ2) is 9.27. The van der Waals surface area contributed by atoms with E-state index in [1.807, 2.05) is 84.9 Å². The number of hydrogen-bond acceptors (Lipinski definition) is 1. The van der Waals surface area contributed by atoms with Crippen LogP contribution >= 0.6 is 0 Å². The van der Waals surface area contributed by atoms with Gasteiger partial charge in [0.1, 0.15) is 0 Å². The molecule has 0 unspecified atom stereocenters. The Bertz CT molecular complexity index is 1040. The number of nitrogens with one attached hydrogen (secondary N) is 1. The number of rotatable bonds is 7. The quantitative estimate of drug-likeness (QED) is 0.377. The van der Waals surface area contributed by atoms with E-state index in [0.29, 0.717) is 12.0 Å². The van der Waals surface area contributed by atoms with Gasteiger partial charge in [0.05, 0.1) is 5.54 Å². The zero-order chi connectivity index (χ0) is 21.5. The monoisotopic (exact) mass is 403 g/mol. The number of carbonyl (C=O) groups is 1. The van der Waals surface area contributed by atoms with Crippen LogP contribution in [0, 0.1) is 0 Å². The van der Waals surface area contributed by atoms with Gasteiger partial charge < -0.3 is 5.32 Å². The van der Waals surface area contributed by atoms with E-state index in [0.717, 1.165) is 22.3 Å². The minimum Gasteiger partial charge on any atom is -0.338 e. The molecule has 0 aliphatic rings. The first-order chi connectivity index (χ1) is 15.2. The Labute approximate surface area is 183 Å². The largest absolute Gasteiger partial charge is 0.338 e. The van der Waals surface area contributed by atoms with Crippen LogP contribution in [0.3, 0.4) is 0 Å².